The van der Waals surface area contributed by atoms with Crippen molar-refractivity contribution in [3.8, 4) is 0 Å². The lowest BCUT2D eigenvalue weighted by molar-refractivity contribution is -0.155. The normalized spacial score (nSPS) is 20.3. The molecule has 1 aliphatic rings. The van der Waals surface area contributed by atoms with Gasteiger partial charge in [-0.15, -0.1) is 0 Å². The molecule has 0 heterocycles. The molecule has 0 bridgehead atoms. The molecule has 1 aliphatic carbocycles. The number of unbranched alkanes of at least 4 members (excludes halogenated alkanes) is 5. The number of carbonyl (C=O) groups excluding carboxylic acids is 2. The minimum absolute atomic E-state index is 0.0191. The molecule has 1 rings (SSSR count). The van der Waals surface area contributed by atoms with Gasteiger partial charge in [0, 0.05) is 16.6 Å². The van der Waals surface area contributed by atoms with Crippen molar-refractivity contribution in [2.24, 2.45) is 5.92 Å². The number of hydrogen-bond acceptors (Lipinski definition) is 4. The van der Waals surface area contributed by atoms with E-state index in [-0.39, 0.29) is 23.8 Å². The minimum Gasteiger partial charge on any atom is -0.460 e. The third-order valence-corrected chi connectivity index (χ3v) is 5.32. The quantitative estimate of drug-likeness (QED) is 0.203. The molecular formula is C21H35IO4. The molecule has 0 radical (unpaired) electrons. The molecule has 0 N–H and O–H groups in total. The van der Waals surface area contributed by atoms with Gasteiger partial charge in [-0.05, 0) is 68.7 Å². The van der Waals surface area contributed by atoms with Crippen molar-refractivity contribution in [2.75, 3.05) is 6.61 Å². The second-order valence-corrected chi connectivity index (χ2v) is 9.32. The van der Waals surface area contributed by atoms with E-state index >= 15 is 0 Å². The van der Waals surface area contributed by atoms with Crippen LogP contribution in [0, 0.1) is 5.92 Å². The van der Waals surface area contributed by atoms with E-state index in [4.69, 9.17) is 9.47 Å². The van der Waals surface area contributed by atoms with Crippen molar-refractivity contribution in [2.45, 2.75) is 97.2 Å². The number of rotatable bonds is 12. The van der Waals surface area contributed by atoms with Crippen LogP contribution in [0.15, 0.2) is 9.66 Å². The van der Waals surface area contributed by atoms with Crippen LogP contribution in [-0.2, 0) is 19.1 Å². The summed E-state index contributed by atoms with van der Waals surface area (Å²) in [6.07, 6.45) is 10.6. The van der Waals surface area contributed by atoms with Crippen LogP contribution in [0.4, 0.5) is 0 Å². The number of ether oxygens (including phenoxy) is 2. The Morgan fingerprint density at radius 3 is 2.46 bits per heavy atom. The molecule has 0 aromatic carbocycles. The zero-order valence-electron chi connectivity index (χ0n) is 16.8. The van der Waals surface area contributed by atoms with E-state index in [2.05, 4.69) is 29.5 Å². The SMILES string of the molecule is CCCCCCC[C@H]1C(=O)C=C(I)[C@@H]1OCCCCC(=O)OC(C)(C)C. The van der Waals surface area contributed by atoms with E-state index in [1.165, 1.54) is 25.7 Å². The van der Waals surface area contributed by atoms with E-state index in [0.29, 0.717) is 13.0 Å². The van der Waals surface area contributed by atoms with Gasteiger partial charge in [-0.3, -0.25) is 9.59 Å². The first-order valence-electron chi connectivity index (χ1n) is 9.99. The molecule has 5 heteroatoms. The number of esters is 1. The molecule has 0 aromatic rings. The van der Waals surface area contributed by atoms with E-state index in [1.54, 1.807) is 6.08 Å². The fraction of sp³-hybridized carbons (Fsp3) is 0.810. The van der Waals surface area contributed by atoms with E-state index in [9.17, 15) is 9.59 Å². The summed E-state index contributed by atoms with van der Waals surface area (Å²) in [5.74, 6) is 0.0333. The lowest BCUT2D eigenvalue weighted by Gasteiger charge is -2.21. The Hall–Kier alpha value is -0.430. The topological polar surface area (TPSA) is 52.6 Å². The summed E-state index contributed by atoms with van der Waals surface area (Å²) in [4.78, 5) is 23.9. The predicted molar refractivity (Wildman–Crippen MR) is 113 cm³/mol. The van der Waals surface area contributed by atoms with E-state index < -0.39 is 5.60 Å². The Morgan fingerprint density at radius 1 is 1.12 bits per heavy atom. The van der Waals surface area contributed by atoms with Crippen molar-refractivity contribution in [3.63, 3.8) is 0 Å². The molecular weight excluding hydrogens is 443 g/mol. The second kappa shape index (κ2) is 12.1. The summed E-state index contributed by atoms with van der Waals surface area (Å²) in [5, 5.41) is 0. The van der Waals surface area contributed by atoms with Crippen molar-refractivity contribution in [3.05, 3.63) is 9.66 Å². The fourth-order valence-corrected chi connectivity index (χ4v) is 4.02. The maximum Gasteiger partial charge on any atom is 0.306 e. The lowest BCUT2D eigenvalue weighted by Crippen LogP contribution is -2.25. The van der Waals surface area contributed by atoms with Crippen LogP contribution in [0.3, 0.4) is 0 Å². The monoisotopic (exact) mass is 478 g/mol. The van der Waals surface area contributed by atoms with Crippen LogP contribution in [0.5, 0.6) is 0 Å². The molecule has 2 atom stereocenters. The van der Waals surface area contributed by atoms with Gasteiger partial charge in [0.25, 0.3) is 0 Å². The van der Waals surface area contributed by atoms with Crippen LogP contribution in [-0.4, -0.2) is 30.1 Å². The second-order valence-electron chi connectivity index (χ2n) is 8.08. The summed E-state index contributed by atoms with van der Waals surface area (Å²) in [7, 11) is 0. The molecule has 26 heavy (non-hydrogen) atoms. The highest BCUT2D eigenvalue weighted by molar-refractivity contribution is 14.1. The smallest absolute Gasteiger partial charge is 0.306 e. The van der Waals surface area contributed by atoms with E-state index in [1.807, 2.05) is 20.8 Å². The van der Waals surface area contributed by atoms with Crippen molar-refractivity contribution in [1.82, 2.24) is 0 Å². The van der Waals surface area contributed by atoms with Gasteiger partial charge in [0.2, 0.25) is 0 Å². The number of halogens is 1. The molecule has 0 spiro atoms. The molecule has 4 nitrogen and oxygen atoms in total. The highest BCUT2D eigenvalue weighted by Crippen LogP contribution is 2.33. The van der Waals surface area contributed by atoms with Gasteiger partial charge in [0.1, 0.15) is 5.60 Å². The van der Waals surface area contributed by atoms with Gasteiger partial charge in [-0.2, -0.15) is 0 Å². The molecule has 0 aliphatic heterocycles. The lowest BCUT2D eigenvalue weighted by atomic mass is 9.95. The Labute approximate surface area is 172 Å². The summed E-state index contributed by atoms with van der Waals surface area (Å²) >= 11 is 2.23. The number of allylic oxidation sites excluding steroid dienone is 1. The van der Waals surface area contributed by atoms with Crippen molar-refractivity contribution < 1.29 is 19.1 Å². The Morgan fingerprint density at radius 2 is 1.81 bits per heavy atom. The highest BCUT2D eigenvalue weighted by atomic mass is 127. The highest BCUT2D eigenvalue weighted by Gasteiger charge is 2.35. The Balaban J connectivity index is 2.27. The zero-order valence-corrected chi connectivity index (χ0v) is 19.0. The summed E-state index contributed by atoms with van der Waals surface area (Å²) in [6, 6.07) is 0. The van der Waals surface area contributed by atoms with Crippen LogP contribution >= 0.6 is 22.6 Å². The van der Waals surface area contributed by atoms with Crippen LogP contribution < -0.4 is 0 Å². The molecule has 0 fully saturated rings. The summed E-state index contributed by atoms with van der Waals surface area (Å²) < 4.78 is 12.3. The number of ketones is 1. The third kappa shape index (κ3) is 9.49. The Kier molecular flexibility index (Phi) is 11.0. The standard InChI is InChI=1S/C21H35IO4/c1-5-6-7-8-9-12-16-18(23)15-17(22)20(16)25-14-11-10-13-19(24)26-21(2,3)4/h15-16,20H,5-14H2,1-4H3/t16-,20+/m0/s1. The van der Waals surface area contributed by atoms with Crippen molar-refractivity contribution in [1.29, 1.82) is 0 Å². The fourth-order valence-electron chi connectivity index (χ4n) is 3.10. The zero-order chi connectivity index (χ0) is 19.6. The van der Waals surface area contributed by atoms with Crippen LogP contribution in [0.25, 0.3) is 0 Å². The predicted octanol–water partition coefficient (Wildman–Crippen LogP) is 5.76. The summed E-state index contributed by atoms with van der Waals surface area (Å²) in [5.41, 5.74) is -0.428. The minimum atomic E-state index is -0.428. The first-order chi connectivity index (χ1) is 12.2. The first kappa shape index (κ1) is 23.6. The van der Waals surface area contributed by atoms with Gasteiger partial charge in [-0.1, -0.05) is 39.0 Å². The van der Waals surface area contributed by atoms with Gasteiger partial charge in [-0.25, -0.2) is 0 Å². The van der Waals surface area contributed by atoms with Gasteiger partial charge in [0.05, 0.1) is 12.0 Å². The van der Waals surface area contributed by atoms with Gasteiger partial charge in [0.15, 0.2) is 5.78 Å². The maximum absolute atomic E-state index is 12.2. The largest absolute Gasteiger partial charge is 0.460 e. The average Bonchev–Trinajstić information content (AvgIpc) is 2.79. The molecule has 0 amide bonds. The third-order valence-electron chi connectivity index (χ3n) is 4.39. The van der Waals surface area contributed by atoms with Crippen molar-refractivity contribution >= 4 is 34.3 Å². The maximum atomic E-state index is 12.2. The van der Waals surface area contributed by atoms with Gasteiger partial charge < -0.3 is 9.47 Å². The molecule has 0 unspecified atom stereocenters. The molecule has 150 valence electrons. The van der Waals surface area contributed by atoms with Gasteiger partial charge >= 0.3 is 5.97 Å². The molecule has 0 saturated heterocycles. The molecule has 0 aromatic heterocycles. The summed E-state index contributed by atoms with van der Waals surface area (Å²) in [6.45, 7) is 8.41. The number of hydrogen-bond donors (Lipinski definition) is 0. The average molecular weight is 478 g/mol. The van der Waals surface area contributed by atoms with Crippen LogP contribution in [0.1, 0.15) is 85.5 Å². The molecule has 0 saturated carbocycles. The van der Waals surface area contributed by atoms with Crippen LogP contribution in [0.2, 0.25) is 0 Å². The number of carbonyl (C=O) groups is 2. The van der Waals surface area contributed by atoms with E-state index in [0.717, 1.165) is 29.3 Å². The first-order valence-corrected chi connectivity index (χ1v) is 11.1. The Bertz CT molecular complexity index is 479.